The number of allylic oxidation sites excluding steroid dienone is 2. The van der Waals surface area contributed by atoms with E-state index in [9.17, 15) is 9.90 Å². The van der Waals surface area contributed by atoms with Crippen molar-refractivity contribution in [3.63, 3.8) is 0 Å². The molecule has 2 nitrogen and oxygen atoms in total. The Labute approximate surface area is 110 Å². The summed E-state index contributed by atoms with van der Waals surface area (Å²) in [6.07, 6.45) is 5.19. The number of carboxylic acids is 1. The molecule has 0 saturated carbocycles. The minimum absolute atomic E-state index is 0.0673. The van der Waals surface area contributed by atoms with Gasteiger partial charge in [0, 0.05) is 16.0 Å². The summed E-state index contributed by atoms with van der Waals surface area (Å²) < 4.78 is 0. The van der Waals surface area contributed by atoms with Crippen LogP contribution in [-0.2, 0) is 4.79 Å². The molecule has 17 heavy (non-hydrogen) atoms. The van der Waals surface area contributed by atoms with Gasteiger partial charge in [-0.3, -0.25) is 4.79 Å². The molecule has 1 aliphatic rings. The van der Waals surface area contributed by atoms with Gasteiger partial charge in [0.05, 0.1) is 5.92 Å². The van der Waals surface area contributed by atoms with E-state index in [1.165, 1.54) is 0 Å². The zero-order valence-corrected chi connectivity index (χ0v) is 10.6. The largest absolute Gasteiger partial charge is 0.481 e. The Morgan fingerprint density at radius 1 is 1.24 bits per heavy atom. The molecule has 0 unspecified atom stereocenters. The number of rotatable bonds is 2. The first-order valence-electron chi connectivity index (χ1n) is 5.42. The molecular weight excluding hydrogens is 259 g/mol. The molecule has 0 radical (unpaired) electrons. The van der Waals surface area contributed by atoms with Crippen LogP contribution in [0.15, 0.2) is 30.4 Å². The molecule has 2 atom stereocenters. The molecule has 1 aromatic carbocycles. The summed E-state index contributed by atoms with van der Waals surface area (Å²) in [5.74, 6) is -1.24. The lowest BCUT2D eigenvalue weighted by Crippen LogP contribution is -2.23. The van der Waals surface area contributed by atoms with E-state index < -0.39 is 11.9 Å². The summed E-state index contributed by atoms with van der Waals surface area (Å²) in [6, 6.07) is 5.24. The molecule has 1 aromatic rings. The fourth-order valence-electron chi connectivity index (χ4n) is 2.23. The molecule has 0 spiro atoms. The minimum Gasteiger partial charge on any atom is -0.481 e. The predicted molar refractivity (Wildman–Crippen MR) is 68.7 cm³/mol. The standard InChI is InChI=1S/C13H12Cl2O2/c14-8-5-6-10(12(15)7-8)9-3-1-2-4-11(9)13(16)17/h1-2,5-7,9,11H,3-4H2,(H,16,17)/t9-,11-/m0/s1. The highest BCUT2D eigenvalue weighted by atomic mass is 35.5. The first-order valence-corrected chi connectivity index (χ1v) is 6.18. The first-order chi connectivity index (χ1) is 8.09. The molecule has 1 aliphatic carbocycles. The lowest BCUT2D eigenvalue weighted by Gasteiger charge is -2.26. The topological polar surface area (TPSA) is 37.3 Å². The summed E-state index contributed by atoms with van der Waals surface area (Å²) in [6.45, 7) is 0. The van der Waals surface area contributed by atoms with Gasteiger partial charge in [-0.25, -0.2) is 0 Å². The lowest BCUT2D eigenvalue weighted by atomic mass is 9.78. The molecule has 1 N–H and O–H groups in total. The van der Waals surface area contributed by atoms with E-state index in [1.54, 1.807) is 12.1 Å². The molecule has 0 amide bonds. The van der Waals surface area contributed by atoms with Crippen LogP contribution in [0.2, 0.25) is 10.0 Å². The highest BCUT2D eigenvalue weighted by molar-refractivity contribution is 6.35. The van der Waals surface area contributed by atoms with Gasteiger partial charge in [-0.05, 0) is 30.5 Å². The summed E-state index contributed by atoms with van der Waals surface area (Å²) in [4.78, 5) is 11.2. The van der Waals surface area contributed by atoms with Crippen LogP contribution in [0.4, 0.5) is 0 Å². The molecule has 90 valence electrons. The van der Waals surface area contributed by atoms with Crippen LogP contribution in [0.3, 0.4) is 0 Å². The van der Waals surface area contributed by atoms with Crippen molar-refractivity contribution in [2.45, 2.75) is 18.8 Å². The third kappa shape index (κ3) is 2.64. The lowest BCUT2D eigenvalue weighted by molar-refractivity contribution is -0.142. The quantitative estimate of drug-likeness (QED) is 0.821. The predicted octanol–water partition coefficient (Wildman–Crippen LogP) is 4.13. The van der Waals surface area contributed by atoms with Gasteiger partial charge in [0.25, 0.3) is 0 Å². The van der Waals surface area contributed by atoms with E-state index in [0.29, 0.717) is 22.9 Å². The highest BCUT2D eigenvalue weighted by Crippen LogP contribution is 2.38. The van der Waals surface area contributed by atoms with Crippen LogP contribution in [0.25, 0.3) is 0 Å². The molecular formula is C13H12Cl2O2. The van der Waals surface area contributed by atoms with Crippen LogP contribution in [-0.4, -0.2) is 11.1 Å². The van der Waals surface area contributed by atoms with Crippen LogP contribution in [0.1, 0.15) is 24.3 Å². The van der Waals surface area contributed by atoms with E-state index >= 15 is 0 Å². The Hall–Kier alpha value is -0.990. The number of carboxylic acid groups (broad SMARTS) is 1. The molecule has 0 aromatic heterocycles. The zero-order valence-electron chi connectivity index (χ0n) is 9.07. The SMILES string of the molecule is O=C(O)[C@H]1CC=CC[C@H]1c1ccc(Cl)cc1Cl. The van der Waals surface area contributed by atoms with Crippen LogP contribution in [0.5, 0.6) is 0 Å². The van der Waals surface area contributed by atoms with Crippen molar-refractivity contribution in [2.75, 3.05) is 0 Å². The Bertz CT molecular complexity index is 468. The van der Waals surface area contributed by atoms with Crippen LogP contribution in [0, 0.1) is 5.92 Å². The van der Waals surface area contributed by atoms with Crippen LogP contribution < -0.4 is 0 Å². The zero-order chi connectivity index (χ0) is 12.4. The van der Waals surface area contributed by atoms with Gasteiger partial charge in [0.15, 0.2) is 0 Å². The third-order valence-electron chi connectivity index (χ3n) is 3.11. The second kappa shape index (κ2) is 5.11. The third-order valence-corrected chi connectivity index (χ3v) is 3.67. The Morgan fingerprint density at radius 2 is 1.94 bits per heavy atom. The van der Waals surface area contributed by atoms with Gasteiger partial charge in [-0.1, -0.05) is 41.4 Å². The molecule has 2 rings (SSSR count). The number of hydrogen-bond acceptors (Lipinski definition) is 1. The fraction of sp³-hybridized carbons (Fsp3) is 0.308. The van der Waals surface area contributed by atoms with Crippen molar-refractivity contribution < 1.29 is 9.90 Å². The Balaban J connectivity index is 2.37. The van der Waals surface area contributed by atoms with E-state index in [1.807, 2.05) is 18.2 Å². The molecule has 0 aliphatic heterocycles. The van der Waals surface area contributed by atoms with Gasteiger partial charge in [-0.2, -0.15) is 0 Å². The summed E-state index contributed by atoms with van der Waals surface area (Å²) in [5, 5.41) is 10.3. The minimum atomic E-state index is -0.773. The van der Waals surface area contributed by atoms with Gasteiger partial charge < -0.3 is 5.11 Å². The smallest absolute Gasteiger partial charge is 0.307 e. The highest BCUT2D eigenvalue weighted by Gasteiger charge is 2.30. The molecule has 0 saturated heterocycles. The molecule has 0 fully saturated rings. The molecule has 0 bridgehead atoms. The summed E-state index contributed by atoms with van der Waals surface area (Å²) in [7, 11) is 0. The molecule has 4 heteroatoms. The van der Waals surface area contributed by atoms with Crippen molar-refractivity contribution in [3.05, 3.63) is 46.0 Å². The summed E-state index contributed by atoms with van der Waals surface area (Å²) in [5.41, 5.74) is 0.868. The first kappa shape index (κ1) is 12.5. The second-order valence-electron chi connectivity index (χ2n) is 4.16. The van der Waals surface area contributed by atoms with E-state index in [2.05, 4.69) is 0 Å². The van der Waals surface area contributed by atoms with E-state index in [0.717, 1.165) is 5.56 Å². The maximum atomic E-state index is 11.2. The van der Waals surface area contributed by atoms with Crippen molar-refractivity contribution in [2.24, 2.45) is 5.92 Å². The maximum absolute atomic E-state index is 11.2. The number of benzene rings is 1. The molecule has 0 heterocycles. The Kier molecular flexibility index (Phi) is 3.75. The monoisotopic (exact) mass is 270 g/mol. The van der Waals surface area contributed by atoms with Crippen molar-refractivity contribution in [3.8, 4) is 0 Å². The normalized spacial score (nSPS) is 23.6. The van der Waals surface area contributed by atoms with Crippen molar-refractivity contribution >= 4 is 29.2 Å². The summed E-state index contributed by atoms with van der Waals surface area (Å²) >= 11 is 12.0. The van der Waals surface area contributed by atoms with Crippen molar-refractivity contribution in [1.82, 2.24) is 0 Å². The number of aliphatic carboxylic acids is 1. The van der Waals surface area contributed by atoms with Gasteiger partial charge >= 0.3 is 5.97 Å². The number of hydrogen-bond donors (Lipinski definition) is 1. The van der Waals surface area contributed by atoms with Gasteiger partial charge in [0.1, 0.15) is 0 Å². The number of carbonyl (C=O) groups is 1. The van der Waals surface area contributed by atoms with Crippen LogP contribution >= 0.6 is 23.2 Å². The average Bonchev–Trinajstić information content (AvgIpc) is 2.29. The second-order valence-corrected chi connectivity index (χ2v) is 5.00. The van der Waals surface area contributed by atoms with Crippen molar-refractivity contribution in [1.29, 1.82) is 0 Å². The average molecular weight is 271 g/mol. The number of halogens is 2. The van der Waals surface area contributed by atoms with E-state index in [-0.39, 0.29) is 5.92 Å². The van der Waals surface area contributed by atoms with E-state index in [4.69, 9.17) is 23.2 Å². The van der Waals surface area contributed by atoms with Gasteiger partial charge in [0.2, 0.25) is 0 Å². The van der Waals surface area contributed by atoms with Gasteiger partial charge in [-0.15, -0.1) is 0 Å². The fourth-order valence-corrected chi connectivity index (χ4v) is 2.78. The maximum Gasteiger partial charge on any atom is 0.307 e. The Morgan fingerprint density at radius 3 is 2.59 bits per heavy atom.